The van der Waals surface area contributed by atoms with Crippen LogP contribution < -0.4 is 10.6 Å². The van der Waals surface area contributed by atoms with E-state index in [0.29, 0.717) is 12.1 Å². The molecule has 3 atom stereocenters. The van der Waals surface area contributed by atoms with Crippen LogP contribution in [0.1, 0.15) is 31.1 Å². The summed E-state index contributed by atoms with van der Waals surface area (Å²) in [5.74, 6) is -0.138. The number of carbonyl (C=O) groups excluding carboxylic acids is 2. The number of fused-ring (bicyclic) bond motifs is 1. The molecular weight excluding hydrogens is 338 g/mol. The van der Waals surface area contributed by atoms with Gasteiger partial charge >= 0.3 is 0 Å². The maximum absolute atomic E-state index is 12.4. The number of thioether (sulfide) groups is 1. The molecule has 2 aliphatic rings. The van der Waals surface area contributed by atoms with Crippen molar-refractivity contribution in [2.24, 2.45) is 0 Å². The Kier molecular flexibility index (Phi) is 5.66. The lowest BCUT2D eigenvalue weighted by atomic mass is 10.1. The molecule has 1 fully saturated rings. The lowest BCUT2D eigenvalue weighted by Crippen LogP contribution is -2.47. The van der Waals surface area contributed by atoms with E-state index in [1.807, 2.05) is 19.1 Å². The maximum atomic E-state index is 12.4. The van der Waals surface area contributed by atoms with Crippen LogP contribution in [0.4, 0.5) is 5.69 Å². The Balaban J connectivity index is 1.53. The second kappa shape index (κ2) is 7.76. The van der Waals surface area contributed by atoms with Crippen molar-refractivity contribution in [2.45, 2.75) is 43.1 Å². The van der Waals surface area contributed by atoms with Gasteiger partial charge in [0.2, 0.25) is 5.91 Å². The normalized spacial score (nSPS) is 26.7. The molecule has 0 spiro atoms. The summed E-state index contributed by atoms with van der Waals surface area (Å²) < 4.78 is 5.72. The van der Waals surface area contributed by atoms with Crippen LogP contribution in [0.25, 0.3) is 0 Å². The van der Waals surface area contributed by atoms with Gasteiger partial charge in [-0.1, -0.05) is 0 Å². The molecule has 1 saturated heterocycles. The van der Waals surface area contributed by atoms with Crippen molar-refractivity contribution < 1.29 is 14.3 Å². The number of hydrogen-bond acceptors (Lipinski definition) is 5. The number of rotatable bonds is 4. The van der Waals surface area contributed by atoms with Crippen molar-refractivity contribution in [3.63, 3.8) is 0 Å². The van der Waals surface area contributed by atoms with Crippen molar-refractivity contribution in [2.75, 3.05) is 31.5 Å². The number of ether oxygens (including phenoxy) is 1. The summed E-state index contributed by atoms with van der Waals surface area (Å²) in [5, 5.41) is 5.72. The van der Waals surface area contributed by atoms with Gasteiger partial charge in [-0.05, 0) is 39.0 Å². The number of amides is 2. The summed E-state index contributed by atoms with van der Waals surface area (Å²) >= 11 is 1.52. The molecule has 0 aromatic heterocycles. The van der Waals surface area contributed by atoms with Gasteiger partial charge in [0.25, 0.3) is 5.91 Å². The Labute approximate surface area is 152 Å². The monoisotopic (exact) mass is 363 g/mol. The molecule has 0 aliphatic carbocycles. The van der Waals surface area contributed by atoms with Gasteiger partial charge in [-0.2, -0.15) is 0 Å². The number of nitrogens with one attached hydrogen (secondary N) is 2. The van der Waals surface area contributed by atoms with E-state index in [1.165, 1.54) is 11.8 Å². The Hall–Kier alpha value is -1.57. The predicted octanol–water partition coefficient (Wildman–Crippen LogP) is 1.96. The highest BCUT2D eigenvalue weighted by molar-refractivity contribution is 8.00. The van der Waals surface area contributed by atoms with Crippen LogP contribution in [0.3, 0.4) is 0 Å². The molecule has 3 rings (SSSR count). The summed E-state index contributed by atoms with van der Waals surface area (Å²) in [7, 11) is 0. The summed E-state index contributed by atoms with van der Waals surface area (Å²) in [6.07, 6.45) is 0.451. The minimum atomic E-state index is -0.116. The summed E-state index contributed by atoms with van der Waals surface area (Å²) in [6.45, 7) is 9.19. The number of morpholine rings is 1. The maximum Gasteiger partial charge on any atom is 0.251 e. The first-order valence-electron chi connectivity index (χ1n) is 8.70. The van der Waals surface area contributed by atoms with Gasteiger partial charge in [0, 0.05) is 36.6 Å². The van der Waals surface area contributed by atoms with Crippen molar-refractivity contribution in [3.8, 4) is 0 Å². The first-order chi connectivity index (χ1) is 11.9. The van der Waals surface area contributed by atoms with Gasteiger partial charge in [-0.25, -0.2) is 0 Å². The van der Waals surface area contributed by atoms with Gasteiger partial charge in [0.15, 0.2) is 0 Å². The van der Waals surface area contributed by atoms with E-state index < -0.39 is 0 Å². The van der Waals surface area contributed by atoms with Gasteiger partial charge in [0.05, 0.1) is 23.1 Å². The lowest BCUT2D eigenvalue weighted by molar-refractivity contribution is -0.115. The molecule has 2 N–H and O–H groups in total. The van der Waals surface area contributed by atoms with Crippen molar-refractivity contribution >= 4 is 29.3 Å². The fraction of sp³-hybridized carbons (Fsp3) is 0.556. The number of nitrogens with zero attached hydrogens (tertiary/aromatic N) is 1. The van der Waals surface area contributed by atoms with Gasteiger partial charge in [0.1, 0.15) is 0 Å². The third-order valence-corrected chi connectivity index (χ3v) is 5.56. The average Bonchev–Trinajstić information content (AvgIpc) is 2.54. The molecule has 2 heterocycles. The minimum Gasteiger partial charge on any atom is -0.373 e. The summed E-state index contributed by atoms with van der Waals surface area (Å²) in [4.78, 5) is 27.5. The molecule has 0 radical (unpaired) electrons. The highest BCUT2D eigenvalue weighted by Gasteiger charge is 2.24. The Morgan fingerprint density at radius 1 is 1.32 bits per heavy atom. The summed E-state index contributed by atoms with van der Waals surface area (Å²) in [5.41, 5.74) is 1.29. The van der Waals surface area contributed by atoms with E-state index in [1.54, 1.807) is 6.07 Å². The summed E-state index contributed by atoms with van der Waals surface area (Å²) in [6, 6.07) is 5.46. The number of benzene rings is 1. The molecule has 7 heteroatoms. The molecule has 0 saturated carbocycles. The first-order valence-corrected chi connectivity index (χ1v) is 9.58. The fourth-order valence-electron chi connectivity index (χ4n) is 3.25. The zero-order valence-electron chi connectivity index (χ0n) is 14.9. The molecule has 1 aromatic rings. The van der Waals surface area contributed by atoms with Gasteiger partial charge < -0.3 is 15.4 Å². The topological polar surface area (TPSA) is 70.7 Å². The minimum absolute atomic E-state index is 0.0226. The second-order valence-electron chi connectivity index (χ2n) is 6.73. The second-order valence-corrected chi connectivity index (χ2v) is 8.12. The van der Waals surface area contributed by atoms with Crippen LogP contribution in [0.15, 0.2) is 23.1 Å². The number of anilines is 1. The highest BCUT2D eigenvalue weighted by atomic mass is 32.2. The molecule has 6 nitrogen and oxygen atoms in total. The van der Waals surface area contributed by atoms with Gasteiger partial charge in [-0.3, -0.25) is 14.5 Å². The third-order valence-electron chi connectivity index (χ3n) is 4.38. The van der Waals surface area contributed by atoms with Crippen LogP contribution in [-0.4, -0.2) is 60.4 Å². The zero-order chi connectivity index (χ0) is 18.0. The van der Waals surface area contributed by atoms with E-state index in [4.69, 9.17) is 4.74 Å². The number of hydrogen-bond donors (Lipinski definition) is 2. The van der Waals surface area contributed by atoms with Crippen LogP contribution in [-0.2, 0) is 9.53 Å². The van der Waals surface area contributed by atoms with E-state index in [-0.39, 0.29) is 29.3 Å². The quantitative estimate of drug-likeness (QED) is 0.856. The molecule has 136 valence electrons. The molecule has 1 aromatic carbocycles. The number of carbonyl (C=O) groups is 2. The Morgan fingerprint density at radius 2 is 2.04 bits per heavy atom. The Morgan fingerprint density at radius 3 is 2.76 bits per heavy atom. The lowest BCUT2D eigenvalue weighted by Gasteiger charge is -2.35. The first kappa shape index (κ1) is 18.2. The zero-order valence-corrected chi connectivity index (χ0v) is 15.7. The molecule has 2 amide bonds. The van der Waals surface area contributed by atoms with Crippen molar-refractivity contribution in [3.05, 3.63) is 23.8 Å². The largest absolute Gasteiger partial charge is 0.373 e. The SMILES string of the molecule is C[C@@H]1CN(CCNC(=O)c2ccc3c(c2)NC(=O)[C@@H](C)S3)C[C@H](C)O1. The molecule has 2 aliphatic heterocycles. The van der Waals surface area contributed by atoms with Crippen molar-refractivity contribution in [1.82, 2.24) is 10.2 Å². The van der Waals surface area contributed by atoms with Crippen LogP contribution >= 0.6 is 11.8 Å². The molecule has 25 heavy (non-hydrogen) atoms. The molecule has 0 unspecified atom stereocenters. The van der Waals surface area contributed by atoms with E-state index in [2.05, 4.69) is 29.4 Å². The standard InChI is InChI=1S/C18H25N3O3S/c1-11-9-21(10-12(2)24-11)7-6-19-18(23)14-4-5-16-15(8-14)20-17(22)13(3)25-16/h4-5,8,11-13H,6-7,9-10H2,1-3H3,(H,19,23)(H,20,22)/t11-,12+,13-/m1/s1. The van der Waals surface area contributed by atoms with E-state index >= 15 is 0 Å². The highest BCUT2D eigenvalue weighted by Crippen LogP contribution is 2.35. The molecule has 0 bridgehead atoms. The third kappa shape index (κ3) is 4.54. The smallest absolute Gasteiger partial charge is 0.251 e. The Bertz CT molecular complexity index is 657. The fourth-order valence-corrected chi connectivity index (χ4v) is 4.18. The van der Waals surface area contributed by atoms with Crippen molar-refractivity contribution in [1.29, 1.82) is 0 Å². The van der Waals surface area contributed by atoms with Crippen LogP contribution in [0, 0.1) is 0 Å². The van der Waals surface area contributed by atoms with Crippen LogP contribution in [0.5, 0.6) is 0 Å². The van der Waals surface area contributed by atoms with E-state index in [9.17, 15) is 9.59 Å². The predicted molar refractivity (Wildman–Crippen MR) is 99.2 cm³/mol. The van der Waals surface area contributed by atoms with Crippen LogP contribution in [0.2, 0.25) is 0 Å². The average molecular weight is 363 g/mol. The van der Waals surface area contributed by atoms with E-state index in [0.717, 1.165) is 30.2 Å². The molecular formula is C18H25N3O3S. The van der Waals surface area contributed by atoms with Gasteiger partial charge in [-0.15, -0.1) is 11.8 Å².